The summed E-state index contributed by atoms with van der Waals surface area (Å²) >= 11 is 0. The van der Waals surface area contributed by atoms with Crippen LogP contribution in [0.5, 0.6) is 0 Å². The van der Waals surface area contributed by atoms with Gasteiger partial charge >= 0.3 is 0 Å². The third kappa shape index (κ3) is 3.45. The van der Waals surface area contributed by atoms with Gasteiger partial charge in [-0.2, -0.15) is 0 Å². The summed E-state index contributed by atoms with van der Waals surface area (Å²) in [5.41, 5.74) is 8.63. The maximum atomic E-state index is 5.99. The van der Waals surface area contributed by atoms with Crippen LogP contribution in [-0.4, -0.2) is 38.1 Å². The molecule has 0 aromatic heterocycles. The van der Waals surface area contributed by atoms with Gasteiger partial charge in [0.15, 0.2) is 0 Å². The maximum absolute atomic E-state index is 5.99. The first kappa shape index (κ1) is 12.4. The fraction of sp³-hybridized carbons (Fsp3) is 0.571. The Labute approximate surface area is 104 Å². The van der Waals surface area contributed by atoms with Crippen LogP contribution in [0.3, 0.4) is 0 Å². The van der Waals surface area contributed by atoms with Crippen LogP contribution in [0.2, 0.25) is 0 Å². The van der Waals surface area contributed by atoms with Crippen molar-refractivity contribution in [1.82, 2.24) is 4.90 Å². The van der Waals surface area contributed by atoms with Gasteiger partial charge in [0, 0.05) is 38.9 Å². The topological polar surface area (TPSA) is 32.5 Å². The number of hydrogen-bond donors (Lipinski definition) is 1. The number of piperidine rings is 1. The molecule has 2 N–H and O–H groups in total. The molecule has 1 atom stereocenters. The van der Waals surface area contributed by atoms with Gasteiger partial charge in [0.2, 0.25) is 0 Å². The van der Waals surface area contributed by atoms with Crippen molar-refractivity contribution in [2.75, 3.05) is 32.1 Å². The highest BCUT2D eigenvalue weighted by Crippen LogP contribution is 2.16. The molecule has 17 heavy (non-hydrogen) atoms. The van der Waals surface area contributed by atoms with E-state index >= 15 is 0 Å². The predicted molar refractivity (Wildman–Crippen MR) is 73.3 cm³/mol. The van der Waals surface area contributed by atoms with Gasteiger partial charge < -0.3 is 10.6 Å². The smallest absolute Gasteiger partial charge is 0.0361 e. The Morgan fingerprint density at radius 2 is 2.00 bits per heavy atom. The van der Waals surface area contributed by atoms with E-state index in [-0.39, 0.29) is 0 Å². The molecule has 2 rings (SSSR count). The molecule has 1 aliphatic rings. The van der Waals surface area contributed by atoms with E-state index in [0.717, 1.165) is 13.1 Å². The van der Waals surface area contributed by atoms with Crippen molar-refractivity contribution in [3.8, 4) is 0 Å². The van der Waals surface area contributed by atoms with Gasteiger partial charge in [-0.25, -0.2) is 0 Å². The van der Waals surface area contributed by atoms with Crippen molar-refractivity contribution in [3.63, 3.8) is 0 Å². The highest BCUT2D eigenvalue weighted by atomic mass is 15.1. The lowest BCUT2D eigenvalue weighted by Crippen LogP contribution is -2.42. The molecule has 0 saturated carbocycles. The minimum atomic E-state index is 0.366. The van der Waals surface area contributed by atoms with Crippen LogP contribution in [0.15, 0.2) is 24.3 Å². The molecule has 1 fully saturated rings. The monoisotopic (exact) mass is 233 g/mol. The van der Waals surface area contributed by atoms with Crippen molar-refractivity contribution in [1.29, 1.82) is 0 Å². The molecular formula is C14H23N3. The van der Waals surface area contributed by atoms with Gasteiger partial charge in [-0.15, -0.1) is 0 Å². The molecule has 1 aromatic rings. The molecule has 1 aromatic carbocycles. The first-order valence-electron chi connectivity index (χ1n) is 6.39. The average molecular weight is 233 g/mol. The molecule has 3 heteroatoms. The quantitative estimate of drug-likeness (QED) is 0.862. The van der Waals surface area contributed by atoms with Crippen molar-refractivity contribution >= 4 is 5.69 Å². The van der Waals surface area contributed by atoms with E-state index < -0.39 is 0 Å². The zero-order valence-corrected chi connectivity index (χ0v) is 10.9. The van der Waals surface area contributed by atoms with E-state index in [2.05, 4.69) is 48.2 Å². The third-order valence-electron chi connectivity index (χ3n) is 3.40. The molecule has 94 valence electrons. The highest BCUT2D eigenvalue weighted by molar-refractivity contribution is 5.45. The minimum absolute atomic E-state index is 0.366. The number of benzene rings is 1. The van der Waals surface area contributed by atoms with Crippen LogP contribution in [-0.2, 0) is 6.54 Å². The minimum Gasteiger partial charge on any atom is -0.378 e. The molecule has 1 saturated heterocycles. The zero-order valence-electron chi connectivity index (χ0n) is 10.9. The fourth-order valence-corrected chi connectivity index (χ4v) is 2.39. The maximum Gasteiger partial charge on any atom is 0.0361 e. The molecular weight excluding hydrogens is 210 g/mol. The standard InChI is InChI=1S/C14H23N3/c1-16(2)14-7-5-12(6-8-14)10-17-9-3-4-13(15)11-17/h5-8,13H,3-4,9-11,15H2,1-2H3. The predicted octanol–water partition coefficient (Wildman–Crippen LogP) is 1.68. The number of nitrogens with zero attached hydrogens (tertiary/aromatic N) is 2. The molecule has 1 unspecified atom stereocenters. The van der Waals surface area contributed by atoms with E-state index in [1.165, 1.54) is 30.6 Å². The lowest BCUT2D eigenvalue weighted by molar-refractivity contribution is 0.201. The first-order valence-corrected chi connectivity index (χ1v) is 6.39. The summed E-state index contributed by atoms with van der Waals surface area (Å²) in [5, 5.41) is 0. The molecule has 0 aliphatic carbocycles. The molecule has 0 amide bonds. The van der Waals surface area contributed by atoms with Crippen LogP contribution < -0.4 is 10.6 Å². The second kappa shape index (κ2) is 5.52. The average Bonchev–Trinajstić information content (AvgIpc) is 2.29. The fourth-order valence-electron chi connectivity index (χ4n) is 2.39. The number of hydrogen-bond acceptors (Lipinski definition) is 3. The Hall–Kier alpha value is -1.06. The van der Waals surface area contributed by atoms with E-state index in [4.69, 9.17) is 5.73 Å². The molecule has 1 aliphatic heterocycles. The lowest BCUT2D eigenvalue weighted by Gasteiger charge is -2.30. The summed E-state index contributed by atoms with van der Waals surface area (Å²) in [6.07, 6.45) is 2.41. The number of anilines is 1. The van der Waals surface area contributed by atoms with E-state index in [9.17, 15) is 0 Å². The van der Waals surface area contributed by atoms with Crippen LogP contribution in [0.4, 0.5) is 5.69 Å². The lowest BCUT2D eigenvalue weighted by atomic mass is 10.1. The van der Waals surface area contributed by atoms with Gasteiger partial charge in [0.05, 0.1) is 0 Å². The highest BCUT2D eigenvalue weighted by Gasteiger charge is 2.16. The van der Waals surface area contributed by atoms with E-state index in [1.807, 2.05) is 0 Å². The molecule has 1 heterocycles. The Morgan fingerprint density at radius 3 is 2.59 bits per heavy atom. The largest absolute Gasteiger partial charge is 0.378 e. The Balaban J connectivity index is 1.94. The third-order valence-corrected chi connectivity index (χ3v) is 3.40. The summed E-state index contributed by atoms with van der Waals surface area (Å²) in [6.45, 7) is 3.25. The molecule has 0 radical (unpaired) electrons. The van der Waals surface area contributed by atoms with Crippen LogP contribution in [0.25, 0.3) is 0 Å². The Morgan fingerprint density at radius 1 is 1.29 bits per heavy atom. The molecule has 0 spiro atoms. The van der Waals surface area contributed by atoms with Gasteiger partial charge in [-0.1, -0.05) is 12.1 Å². The second-order valence-electron chi connectivity index (χ2n) is 5.20. The van der Waals surface area contributed by atoms with Crippen LogP contribution in [0.1, 0.15) is 18.4 Å². The van der Waals surface area contributed by atoms with Crippen molar-refractivity contribution < 1.29 is 0 Å². The van der Waals surface area contributed by atoms with Gasteiger partial charge in [0.1, 0.15) is 0 Å². The first-order chi connectivity index (χ1) is 8.15. The van der Waals surface area contributed by atoms with Gasteiger partial charge in [0.25, 0.3) is 0 Å². The van der Waals surface area contributed by atoms with Crippen molar-refractivity contribution in [3.05, 3.63) is 29.8 Å². The SMILES string of the molecule is CN(C)c1ccc(CN2CCCC(N)C2)cc1. The van der Waals surface area contributed by atoms with Gasteiger partial charge in [-0.3, -0.25) is 4.90 Å². The van der Waals surface area contributed by atoms with Gasteiger partial charge in [-0.05, 0) is 37.1 Å². The zero-order chi connectivity index (χ0) is 12.3. The van der Waals surface area contributed by atoms with Crippen molar-refractivity contribution in [2.45, 2.75) is 25.4 Å². The second-order valence-corrected chi connectivity index (χ2v) is 5.20. The Bertz CT molecular complexity index is 345. The summed E-state index contributed by atoms with van der Waals surface area (Å²) in [5.74, 6) is 0. The summed E-state index contributed by atoms with van der Waals surface area (Å²) in [7, 11) is 4.14. The van der Waals surface area contributed by atoms with E-state index in [1.54, 1.807) is 0 Å². The number of likely N-dealkylation sites (tertiary alicyclic amines) is 1. The summed E-state index contributed by atoms with van der Waals surface area (Å²) in [6, 6.07) is 9.16. The Kier molecular flexibility index (Phi) is 4.02. The number of nitrogens with two attached hydrogens (primary N) is 1. The molecule has 0 bridgehead atoms. The van der Waals surface area contributed by atoms with Crippen LogP contribution in [0, 0.1) is 0 Å². The van der Waals surface area contributed by atoms with Crippen LogP contribution >= 0.6 is 0 Å². The normalized spacial score (nSPS) is 21.5. The summed E-state index contributed by atoms with van der Waals surface area (Å²) in [4.78, 5) is 4.58. The van der Waals surface area contributed by atoms with E-state index in [0.29, 0.717) is 6.04 Å². The molecule has 3 nitrogen and oxygen atoms in total. The number of rotatable bonds is 3. The summed E-state index contributed by atoms with van der Waals surface area (Å²) < 4.78 is 0. The van der Waals surface area contributed by atoms with Crippen molar-refractivity contribution in [2.24, 2.45) is 5.73 Å².